The highest BCUT2D eigenvalue weighted by atomic mass is 32.1. The number of hydrogen-bond donors (Lipinski definition) is 2. The Kier molecular flexibility index (Phi) is 4.21. The zero-order chi connectivity index (χ0) is 15.5. The second-order valence-electron chi connectivity index (χ2n) is 4.67. The highest BCUT2D eigenvalue weighted by Crippen LogP contribution is 2.25. The lowest BCUT2D eigenvalue weighted by molar-refractivity contribution is -0.124. The predicted molar refractivity (Wildman–Crippen MR) is 86.0 cm³/mol. The number of amides is 1. The lowest BCUT2D eigenvalue weighted by Gasteiger charge is -2.14. The molecular formula is C14H14N4O2S2. The number of rotatable bonds is 5. The molecule has 0 radical (unpaired) electrons. The minimum atomic E-state index is -0.474. The minimum Gasteiger partial charge on any atom is -0.467 e. The van der Waals surface area contributed by atoms with Crippen LogP contribution in [-0.2, 0) is 11.3 Å². The van der Waals surface area contributed by atoms with Crippen LogP contribution in [0.3, 0.4) is 0 Å². The zero-order valence-corrected chi connectivity index (χ0v) is 13.4. The normalized spacial score (nSPS) is 12.2. The van der Waals surface area contributed by atoms with Crippen LogP contribution < -0.4 is 5.32 Å². The third kappa shape index (κ3) is 2.88. The summed E-state index contributed by atoms with van der Waals surface area (Å²) in [6, 6.07) is 7.00. The molecule has 0 saturated carbocycles. The Morgan fingerprint density at radius 1 is 1.55 bits per heavy atom. The zero-order valence-electron chi connectivity index (χ0n) is 11.8. The molecule has 0 unspecified atom stereocenters. The summed E-state index contributed by atoms with van der Waals surface area (Å²) in [4.78, 5) is 13.3. The van der Waals surface area contributed by atoms with E-state index in [4.69, 9.17) is 16.6 Å². The van der Waals surface area contributed by atoms with Crippen LogP contribution in [0, 0.1) is 4.77 Å². The van der Waals surface area contributed by atoms with Crippen molar-refractivity contribution in [2.75, 3.05) is 0 Å². The van der Waals surface area contributed by atoms with Crippen LogP contribution in [0.15, 0.2) is 40.3 Å². The van der Waals surface area contributed by atoms with Crippen molar-refractivity contribution < 1.29 is 9.21 Å². The van der Waals surface area contributed by atoms with Gasteiger partial charge in [0.25, 0.3) is 0 Å². The standard InChI is InChI=1S/C14H14N4O2S2/c1-9(13(19)15-8-10-4-2-6-20-10)18-12(16-17-14(18)21)11-5-3-7-22-11/h2-7,9H,8H2,1H3,(H,15,19)(H,17,21)/t9-/m1/s1. The summed E-state index contributed by atoms with van der Waals surface area (Å²) in [5.74, 6) is 1.22. The van der Waals surface area contributed by atoms with E-state index in [-0.39, 0.29) is 5.91 Å². The average molecular weight is 334 g/mol. The molecule has 3 heterocycles. The summed E-state index contributed by atoms with van der Waals surface area (Å²) in [6.07, 6.45) is 1.58. The van der Waals surface area contributed by atoms with Crippen molar-refractivity contribution >= 4 is 29.5 Å². The van der Waals surface area contributed by atoms with Gasteiger partial charge in [0.2, 0.25) is 5.91 Å². The van der Waals surface area contributed by atoms with Crippen LogP contribution in [-0.4, -0.2) is 20.7 Å². The van der Waals surface area contributed by atoms with Crippen LogP contribution in [0.5, 0.6) is 0 Å². The predicted octanol–water partition coefficient (Wildman–Crippen LogP) is 3.14. The maximum absolute atomic E-state index is 12.4. The van der Waals surface area contributed by atoms with Gasteiger partial charge in [-0.25, -0.2) is 0 Å². The molecule has 0 bridgehead atoms. The van der Waals surface area contributed by atoms with E-state index in [1.54, 1.807) is 35.2 Å². The van der Waals surface area contributed by atoms with Gasteiger partial charge < -0.3 is 9.73 Å². The van der Waals surface area contributed by atoms with Crippen molar-refractivity contribution in [3.8, 4) is 10.7 Å². The summed E-state index contributed by atoms with van der Waals surface area (Å²) in [5.41, 5.74) is 0. The first-order valence-electron chi connectivity index (χ1n) is 6.67. The lowest BCUT2D eigenvalue weighted by Crippen LogP contribution is -2.30. The molecule has 8 heteroatoms. The molecule has 0 spiro atoms. The highest BCUT2D eigenvalue weighted by Gasteiger charge is 2.21. The second kappa shape index (κ2) is 6.29. The van der Waals surface area contributed by atoms with E-state index in [9.17, 15) is 4.79 Å². The summed E-state index contributed by atoms with van der Waals surface area (Å²) in [5, 5.41) is 11.8. The quantitative estimate of drug-likeness (QED) is 0.703. The fourth-order valence-electron chi connectivity index (χ4n) is 2.10. The smallest absolute Gasteiger partial charge is 0.243 e. The largest absolute Gasteiger partial charge is 0.467 e. The summed E-state index contributed by atoms with van der Waals surface area (Å²) in [7, 11) is 0. The van der Waals surface area contributed by atoms with Gasteiger partial charge in [-0.1, -0.05) is 6.07 Å². The number of hydrogen-bond acceptors (Lipinski definition) is 5. The lowest BCUT2D eigenvalue weighted by atomic mass is 10.3. The molecule has 2 N–H and O–H groups in total. The summed E-state index contributed by atoms with van der Waals surface area (Å²) < 4.78 is 7.34. The minimum absolute atomic E-state index is 0.147. The Balaban J connectivity index is 1.80. The number of H-pyrrole nitrogens is 1. The van der Waals surface area contributed by atoms with E-state index in [0.29, 0.717) is 22.9 Å². The molecular weight excluding hydrogens is 320 g/mol. The number of nitrogens with zero attached hydrogens (tertiary/aromatic N) is 2. The number of aromatic amines is 1. The molecule has 0 fully saturated rings. The second-order valence-corrected chi connectivity index (χ2v) is 6.01. The van der Waals surface area contributed by atoms with E-state index >= 15 is 0 Å². The molecule has 3 aromatic rings. The number of carbonyl (C=O) groups is 1. The molecule has 1 atom stereocenters. The number of carbonyl (C=O) groups excluding carboxylic acids is 1. The topological polar surface area (TPSA) is 75.8 Å². The Morgan fingerprint density at radius 3 is 3.09 bits per heavy atom. The van der Waals surface area contributed by atoms with E-state index < -0.39 is 6.04 Å². The Bertz CT molecular complexity index is 802. The van der Waals surface area contributed by atoms with E-state index in [1.165, 1.54) is 0 Å². The Hall–Kier alpha value is -2.19. The van der Waals surface area contributed by atoms with Crippen molar-refractivity contribution in [1.29, 1.82) is 0 Å². The third-order valence-corrected chi connectivity index (χ3v) is 4.38. The first-order valence-corrected chi connectivity index (χ1v) is 7.96. The number of furan rings is 1. The molecule has 6 nitrogen and oxygen atoms in total. The molecule has 1 amide bonds. The van der Waals surface area contributed by atoms with Gasteiger partial charge in [0.15, 0.2) is 10.6 Å². The first-order chi connectivity index (χ1) is 10.7. The van der Waals surface area contributed by atoms with Crippen molar-refractivity contribution in [3.05, 3.63) is 46.4 Å². The van der Waals surface area contributed by atoms with Crippen molar-refractivity contribution in [2.45, 2.75) is 19.5 Å². The maximum Gasteiger partial charge on any atom is 0.243 e. The highest BCUT2D eigenvalue weighted by molar-refractivity contribution is 7.71. The van der Waals surface area contributed by atoms with E-state index in [2.05, 4.69) is 15.5 Å². The van der Waals surface area contributed by atoms with Crippen LogP contribution in [0.2, 0.25) is 0 Å². The fraction of sp³-hybridized carbons (Fsp3) is 0.214. The Morgan fingerprint density at radius 2 is 2.41 bits per heavy atom. The van der Waals surface area contributed by atoms with E-state index in [1.807, 2.05) is 23.6 Å². The molecule has 114 valence electrons. The van der Waals surface area contributed by atoms with Gasteiger partial charge >= 0.3 is 0 Å². The molecule has 0 saturated heterocycles. The summed E-state index contributed by atoms with van der Waals surface area (Å²) >= 11 is 6.80. The number of aromatic nitrogens is 3. The van der Waals surface area contributed by atoms with Gasteiger partial charge in [-0.15, -0.1) is 11.3 Å². The molecule has 0 aliphatic heterocycles. The first kappa shape index (κ1) is 14.7. The molecule has 3 rings (SSSR count). The van der Waals surface area contributed by atoms with Gasteiger partial charge in [0.1, 0.15) is 11.8 Å². The van der Waals surface area contributed by atoms with Crippen molar-refractivity contribution in [2.24, 2.45) is 0 Å². The Labute approximate surface area is 135 Å². The van der Waals surface area contributed by atoms with Gasteiger partial charge in [-0.3, -0.25) is 14.5 Å². The van der Waals surface area contributed by atoms with Gasteiger partial charge in [-0.2, -0.15) is 5.10 Å². The summed E-state index contributed by atoms with van der Waals surface area (Å²) in [6.45, 7) is 2.13. The molecule has 0 aliphatic rings. The van der Waals surface area contributed by atoms with E-state index in [0.717, 1.165) is 4.88 Å². The third-order valence-electron chi connectivity index (χ3n) is 3.23. The monoisotopic (exact) mass is 334 g/mol. The average Bonchev–Trinajstić information content (AvgIpc) is 3.25. The van der Waals surface area contributed by atoms with Crippen LogP contribution in [0.1, 0.15) is 18.7 Å². The van der Waals surface area contributed by atoms with Crippen molar-refractivity contribution in [1.82, 2.24) is 20.1 Å². The molecule has 22 heavy (non-hydrogen) atoms. The molecule has 3 aromatic heterocycles. The van der Waals surface area contributed by atoms with Crippen molar-refractivity contribution in [3.63, 3.8) is 0 Å². The number of thiophene rings is 1. The maximum atomic E-state index is 12.4. The van der Waals surface area contributed by atoms with Gasteiger partial charge in [0.05, 0.1) is 17.7 Å². The number of nitrogens with one attached hydrogen (secondary N) is 2. The van der Waals surface area contributed by atoms with Crippen LogP contribution in [0.25, 0.3) is 10.7 Å². The fourth-order valence-corrected chi connectivity index (χ4v) is 3.10. The van der Waals surface area contributed by atoms with Crippen LogP contribution in [0.4, 0.5) is 0 Å². The SMILES string of the molecule is C[C@H](C(=O)NCc1ccco1)n1c(-c2cccs2)n[nH]c1=S. The van der Waals surface area contributed by atoms with Crippen LogP contribution >= 0.6 is 23.6 Å². The molecule has 0 aromatic carbocycles. The molecule has 0 aliphatic carbocycles. The van der Waals surface area contributed by atoms with Gasteiger partial charge in [0, 0.05) is 0 Å². The van der Waals surface area contributed by atoms with Gasteiger partial charge in [-0.05, 0) is 42.7 Å².